The molecule has 3 rings (SSSR count). The minimum atomic E-state index is -3.44. The Bertz CT molecular complexity index is 1040. The highest BCUT2D eigenvalue weighted by molar-refractivity contribution is 7.88. The van der Waals surface area contributed by atoms with E-state index >= 15 is 0 Å². The molecule has 1 saturated heterocycles. The van der Waals surface area contributed by atoms with Gasteiger partial charge in [-0.05, 0) is 43.9 Å². The molecular formula is C24H31N3O4S. The molecule has 1 fully saturated rings. The van der Waals surface area contributed by atoms with Crippen LogP contribution in [0.2, 0.25) is 0 Å². The van der Waals surface area contributed by atoms with E-state index in [4.69, 9.17) is 0 Å². The van der Waals surface area contributed by atoms with Crippen molar-refractivity contribution < 1.29 is 18.0 Å². The van der Waals surface area contributed by atoms with E-state index in [9.17, 15) is 18.0 Å². The molecule has 2 aromatic rings. The Hall–Kier alpha value is -2.71. The van der Waals surface area contributed by atoms with E-state index in [1.807, 2.05) is 38.1 Å². The second kappa shape index (κ2) is 10.7. The minimum Gasteiger partial charge on any atom is -0.352 e. The maximum absolute atomic E-state index is 12.8. The van der Waals surface area contributed by atoms with E-state index in [2.05, 4.69) is 10.6 Å². The number of rotatable bonds is 8. The lowest BCUT2D eigenvalue weighted by atomic mass is 9.97. The Kier molecular flexibility index (Phi) is 8.04. The number of hydrogen-bond donors (Lipinski definition) is 2. The molecule has 0 aromatic heterocycles. The van der Waals surface area contributed by atoms with Crippen LogP contribution in [-0.4, -0.2) is 44.2 Å². The zero-order valence-electron chi connectivity index (χ0n) is 18.6. The van der Waals surface area contributed by atoms with Gasteiger partial charge in [0.05, 0.1) is 17.0 Å². The van der Waals surface area contributed by atoms with Gasteiger partial charge in [-0.1, -0.05) is 48.9 Å². The molecule has 1 aliphatic rings. The van der Waals surface area contributed by atoms with Crippen LogP contribution in [-0.2, 0) is 20.6 Å². The third kappa shape index (κ3) is 6.17. The van der Waals surface area contributed by atoms with Crippen molar-refractivity contribution in [2.24, 2.45) is 5.92 Å². The van der Waals surface area contributed by atoms with E-state index in [1.165, 1.54) is 4.31 Å². The number of sulfonamides is 1. The molecule has 0 spiro atoms. The fourth-order valence-corrected chi connectivity index (χ4v) is 5.30. The summed E-state index contributed by atoms with van der Waals surface area (Å²) >= 11 is 0. The molecule has 0 aliphatic carbocycles. The Morgan fingerprint density at radius 2 is 1.69 bits per heavy atom. The summed E-state index contributed by atoms with van der Waals surface area (Å²) in [5.74, 6) is -0.742. The Balaban J connectivity index is 1.58. The average molecular weight is 458 g/mol. The number of amides is 2. The highest BCUT2D eigenvalue weighted by Crippen LogP contribution is 2.24. The second-order valence-corrected chi connectivity index (χ2v) is 10.2. The maximum atomic E-state index is 12.8. The van der Waals surface area contributed by atoms with Crippen LogP contribution in [0.5, 0.6) is 0 Å². The van der Waals surface area contributed by atoms with Crippen LogP contribution in [0.4, 0.5) is 5.69 Å². The van der Waals surface area contributed by atoms with Crippen LogP contribution in [0.1, 0.15) is 47.7 Å². The molecule has 0 unspecified atom stereocenters. The van der Waals surface area contributed by atoms with Crippen molar-refractivity contribution in [3.8, 4) is 0 Å². The summed E-state index contributed by atoms with van der Waals surface area (Å²) in [6, 6.07) is 14.4. The van der Waals surface area contributed by atoms with Gasteiger partial charge in [-0.3, -0.25) is 9.59 Å². The summed E-state index contributed by atoms with van der Waals surface area (Å²) in [4.78, 5) is 25.2. The first-order valence-corrected chi connectivity index (χ1v) is 12.6. The van der Waals surface area contributed by atoms with Crippen LogP contribution in [0, 0.1) is 12.8 Å². The summed E-state index contributed by atoms with van der Waals surface area (Å²) in [7, 11) is -3.44. The molecule has 2 aromatic carbocycles. The van der Waals surface area contributed by atoms with Gasteiger partial charge in [-0.25, -0.2) is 12.7 Å². The highest BCUT2D eigenvalue weighted by atomic mass is 32.2. The molecule has 0 atom stereocenters. The monoisotopic (exact) mass is 457 g/mol. The van der Waals surface area contributed by atoms with E-state index in [0.717, 1.165) is 17.5 Å². The SMILES string of the molecule is CCCNC(=O)c1ccccc1NC(=O)C1CCN(S(=O)(=O)Cc2ccc(C)cc2)CC1. The summed E-state index contributed by atoms with van der Waals surface area (Å²) in [6.45, 7) is 5.12. The number of nitrogens with zero attached hydrogens (tertiary/aromatic N) is 1. The second-order valence-electron chi connectivity index (χ2n) is 8.21. The number of nitrogens with one attached hydrogen (secondary N) is 2. The quantitative estimate of drug-likeness (QED) is 0.636. The van der Waals surface area contributed by atoms with Gasteiger partial charge in [-0.2, -0.15) is 0 Å². The van der Waals surface area contributed by atoms with Crippen molar-refractivity contribution >= 4 is 27.5 Å². The van der Waals surface area contributed by atoms with Crippen molar-refractivity contribution in [2.75, 3.05) is 25.0 Å². The first-order chi connectivity index (χ1) is 15.3. The lowest BCUT2D eigenvalue weighted by Gasteiger charge is -2.30. The fourth-order valence-electron chi connectivity index (χ4n) is 3.74. The van der Waals surface area contributed by atoms with Gasteiger partial charge < -0.3 is 10.6 Å². The fraction of sp³-hybridized carbons (Fsp3) is 0.417. The number of hydrogen-bond acceptors (Lipinski definition) is 4. The van der Waals surface area contributed by atoms with E-state index in [0.29, 0.717) is 43.7 Å². The van der Waals surface area contributed by atoms with Crippen LogP contribution < -0.4 is 10.6 Å². The lowest BCUT2D eigenvalue weighted by molar-refractivity contribution is -0.120. The van der Waals surface area contributed by atoms with Crippen molar-refractivity contribution in [3.05, 3.63) is 65.2 Å². The van der Waals surface area contributed by atoms with Gasteiger partial charge in [0.1, 0.15) is 0 Å². The van der Waals surface area contributed by atoms with Gasteiger partial charge in [-0.15, -0.1) is 0 Å². The number of carbonyl (C=O) groups is 2. The largest absolute Gasteiger partial charge is 0.352 e. The van der Waals surface area contributed by atoms with Crippen molar-refractivity contribution in [1.29, 1.82) is 0 Å². The smallest absolute Gasteiger partial charge is 0.253 e. The Morgan fingerprint density at radius 1 is 1.03 bits per heavy atom. The van der Waals surface area contributed by atoms with Crippen molar-refractivity contribution in [2.45, 2.75) is 38.9 Å². The molecule has 0 radical (unpaired) electrons. The summed E-state index contributed by atoms with van der Waals surface area (Å²) in [5, 5.41) is 5.69. The first-order valence-electron chi connectivity index (χ1n) is 11.0. The van der Waals surface area contributed by atoms with Crippen LogP contribution in [0.25, 0.3) is 0 Å². The summed E-state index contributed by atoms with van der Waals surface area (Å²) in [6.07, 6.45) is 1.72. The highest BCUT2D eigenvalue weighted by Gasteiger charge is 2.31. The molecule has 8 heteroatoms. The van der Waals surface area contributed by atoms with Gasteiger partial charge >= 0.3 is 0 Å². The third-order valence-electron chi connectivity index (χ3n) is 5.65. The lowest BCUT2D eigenvalue weighted by Crippen LogP contribution is -2.42. The molecule has 0 saturated carbocycles. The maximum Gasteiger partial charge on any atom is 0.253 e. The van der Waals surface area contributed by atoms with E-state index in [-0.39, 0.29) is 23.5 Å². The molecule has 1 aliphatic heterocycles. The van der Waals surface area contributed by atoms with Crippen molar-refractivity contribution in [3.63, 3.8) is 0 Å². The molecular weight excluding hydrogens is 426 g/mol. The van der Waals surface area contributed by atoms with Crippen molar-refractivity contribution in [1.82, 2.24) is 9.62 Å². The molecule has 1 heterocycles. The number of carbonyl (C=O) groups excluding carboxylic acids is 2. The predicted molar refractivity (Wildman–Crippen MR) is 126 cm³/mol. The Labute approximate surface area is 190 Å². The standard InChI is InChI=1S/C24H31N3O4S/c1-3-14-25-24(29)21-6-4-5-7-22(21)26-23(28)20-12-15-27(16-13-20)32(30,31)17-19-10-8-18(2)9-11-19/h4-11,20H,3,12-17H2,1-2H3,(H,25,29)(H,26,28). The molecule has 172 valence electrons. The molecule has 0 bridgehead atoms. The number of para-hydroxylation sites is 1. The van der Waals surface area contributed by atoms with Crippen LogP contribution in [0.3, 0.4) is 0 Å². The normalized spacial score (nSPS) is 15.3. The number of benzene rings is 2. The van der Waals surface area contributed by atoms with Gasteiger partial charge in [0.25, 0.3) is 5.91 Å². The number of aryl methyl sites for hydroxylation is 1. The minimum absolute atomic E-state index is 0.0373. The molecule has 2 N–H and O–H groups in total. The summed E-state index contributed by atoms with van der Waals surface area (Å²) in [5.41, 5.74) is 2.74. The van der Waals surface area contributed by atoms with Crippen LogP contribution in [0.15, 0.2) is 48.5 Å². The number of anilines is 1. The topological polar surface area (TPSA) is 95.6 Å². The third-order valence-corrected chi connectivity index (χ3v) is 7.50. The zero-order valence-corrected chi connectivity index (χ0v) is 19.5. The zero-order chi connectivity index (χ0) is 23.1. The summed E-state index contributed by atoms with van der Waals surface area (Å²) < 4.78 is 27.1. The molecule has 2 amide bonds. The van der Waals surface area contributed by atoms with E-state index in [1.54, 1.807) is 24.3 Å². The van der Waals surface area contributed by atoms with Crippen LogP contribution >= 0.6 is 0 Å². The van der Waals surface area contributed by atoms with E-state index < -0.39 is 10.0 Å². The van der Waals surface area contributed by atoms with Gasteiger partial charge in [0, 0.05) is 25.6 Å². The molecule has 7 nitrogen and oxygen atoms in total. The average Bonchev–Trinajstić information content (AvgIpc) is 2.79. The first kappa shape index (κ1) is 23.9. The predicted octanol–water partition coefficient (Wildman–Crippen LogP) is 3.32. The van der Waals surface area contributed by atoms with Gasteiger partial charge in [0.15, 0.2) is 0 Å². The molecule has 32 heavy (non-hydrogen) atoms. The van der Waals surface area contributed by atoms with Gasteiger partial charge in [0.2, 0.25) is 15.9 Å². The Morgan fingerprint density at radius 3 is 2.34 bits per heavy atom. The number of piperidine rings is 1.